The lowest BCUT2D eigenvalue weighted by Crippen LogP contribution is -1.94. The molecule has 0 aliphatic carbocycles. The third-order valence-electron chi connectivity index (χ3n) is 2.26. The number of pyridine rings is 1. The molecule has 0 amide bonds. The number of methoxy groups -OCH3 is 1. The molecule has 2 rings (SSSR count). The summed E-state index contributed by atoms with van der Waals surface area (Å²) in [5, 5.41) is 10.9. The van der Waals surface area contributed by atoms with E-state index in [4.69, 9.17) is 9.47 Å². The lowest BCUT2D eigenvalue weighted by atomic mass is 10.3. The van der Waals surface area contributed by atoms with E-state index in [1.807, 2.05) is 0 Å². The Morgan fingerprint density at radius 1 is 1.26 bits per heavy atom. The first-order valence-electron chi connectivity index (χ1n) is 5.21. The van der Waals surface area contributed by atoms with Gasteiger partial charge in [-0.25, -0.2) is 0 Å². The van der Waals surface area contributed by atoms with Gasteiger partial charge < -0.3 is 9.47 Å². The summed E-state index contributed by atoms with van der Waals surface area (Å²) in [7, 11) is 1.38. The van der Waals surface area contributed by atoms with Gasteiger partial charge in [0.05, 0.1) is 24.3 Å². The third-order valence-corrected chi connectivity index (χ3v) is 2.70. The number of halogens is 1. The molecule has 0 bridgehead atoms. The largest absolute Gasteiger partial charge is 0.490 e. The predicted molar refractivity (Wildman–Crippen MR) is 71.7 cm³/mol. The fraction of sp³-hybridized carbons (Fsp3) is 0.0833. The predicted octanol–water partition coefficient (Wildman–Crippen LogP) is 3.55. The van der Waals surface area contributed by atoms with Crippen LogP contribution in [0.5, 0.6) is 17.2 Å². The Labute approximate surface area is 117 Å². The minimum atomic E-state index is -0.523. The average molecular weight is 325 g/mol. The van der Waals surface area contributed by atoms with Gasteiger partial charge in [0.2, 0.25) is 0 Å². The number of hydrogen-bond donors (Lipinski definition) is 0. The van der Waals surface area contributed by atoms with Gasteiger partial charge in [-0.3, -0.25) is 15.1 Å². The average Bonchev–Trinajstić information content (AvgIpc) is 2.38. The minimum Gasteiger partial charge on any atom is -0.490 e. The van der Waals surface area contributed by atoms with Gasteiger partial charge >= 0.3 is 5.69 Å². The second-order valence-electron chi connectivity index (χ2n) is 3.53. The van der Waals surface area contributed by atoms with Crippen molar-refractivity contribution < 1.29 is 14.4 Å². The van der Waals surface area contributed by atoms with Crippen molar-refractivity contribution in [1.29, 1.82) is 0 Å². The Morgan fingerprint density at radius 3 is 2.68 bits per heavy atom. The third kappa shape index (κ3) is 3.19. The van der Waals surface area contributed by atoms with E-state index in [0.717, 1.165) is 4.47 Å². The van der Waals surface area contributed by atoms with Gasteiger partial charge in [0.15, 0.2) is 5.75 Å². The lowest BCUT2D eigenvalue weighted by molar-refractivity contribution is -0.385. The van der Waals surface area contributed by atoms with Crippen molar-refractivity contribution in [3.8, 4) is 17.2 Å². The first kappa shape index (κ1) is 13.3. The highest BCUT2D eigenvalue weighted by Crippen LogP contribution is 2.33. The van der Waals surface area contributed by atoms with Crippen LogP contribution in [-0.2, 0) is 0 Å². The van der Waals surface area contributed by atoms with Crippen molar-refractivity contribution in [2.24, 2.45) is 0 Å². The number of ether oxygens (including phenoxy) is 2. The summed E-state index contributed by atoms with van der Waals surface area (Å²) in [6.45, 7) is 0. The molecule has 0 saturated heterocycles. The van der Waals surface area contributed by atoms with Crippen molar-refractivity contribution >= 4 is 21.6 Å². The summed E-state index contributed by atoms with van der Waals surface area (Å²) >= 11 is 3.27. The van der Waals surface area contributed by atoms with Gasteiger partial charge in [0, 0.05) is 10.7 Å². The van der Waals surface area contributed by atoms with Crippen LogP contribution in [0.15, 0.2) is 41.1 Å². The molecule has 0 saturated carbocycles. The molecule has 0 N–H and O–H groups in total. The SMILES string of the molecule is COc1ccc(Oc2cncc(Br)c2)cc1[N+](=O)[O-]. The molecule has 1 heterocycles. The zero-order valence-electron chi connectivity index (χ0n) is 9.87. The van der Waals surface area contributed by atoms with Crippen LogP contribution in [0.1, 0.15) is 0 Å². The molecule has 0 spiro atoms. The molecule has 0 aliphatic rings. The highest BCUT2D eigenvalue weighted by atomic mass is 79.9. The second-order valence-corrected chi connectivity index (χ2v) is 4.45. The van der Waals surface area contributed by atoms with E-state index in [1.54, 1.807) is 18.3 Å². The number of aromatic nitrogens is 1. The maximum atomic E-state index is 10.9. The molecule has 0 atom stereocenters. The van der Waals surface area contributed by atoms with Gasteiger partial charge in [-0.05, 0) is 34.1 Å². The van der Waals surface area contributed by atoms with Crippen molar-refractivity contribution in [3.63, 3.8) is 0 Å². The summed E-state index contributed by atoms with van der Waals surface area (Å²) in [5.74, 6) is 1.01. The first-order chi connectivity index (χ1) is 9.10. The summed E-state index contributed by atoms with van der Waals surface area (Å²) in [5.41, 5.74) is -0.150. The van der Waals surface area contributed by atoms with Crippen LogP contribution in [0.2, 0.25) is 0 Å². The first-order valence-corrected chi connectivity index (χ1v) is 6.00. The summed E-state index contributed by atoms with van der Waals surface area (Å²) < 4.78 is 11.2. The highest BCUT2D eigenvalue weighted by molar-refractivity contribution is 9.10. The Balaban J connectivity index is 2.31. The van der Waals surface area contributed by atoms with Crippen molar-refractivity contribution in [2.45, 2.75) is 0 Å². The van der Waals surface area contributed by atoms with E-state index in [2.05, 4.69) is 20.9 Å². The molecule has 6 nitrogen and oxygen atoms in total. The number of nitrogens with zero attached hydrogens (tertiary/aromatic N) is 2. The zero-order valence-corrected chi connectivity index (χ0v) is 11.5. The van der Waals surface area contributed by atoms with Crippen LogP contribution < -0.4 is 9.47 Å². The van der Waals surface area contributed by atoms with Crippen LogP contribution in [0, 0.1) is 10.1 Å². The number of nitro benzene ring substituents is 1. The fourth-order valence-corrected chi connectivity index (χ4v) is 1.80. The molecular weight excluding hydrogens is 316 g/mol. The van der Waals surface area contributed by atoms with Gasteiger partial charge in [0.1, 0.15) is 11.5 Å². The van der Waals surface area contributed by atoms with E-state index in [1.165, 1.54) is 25.4 Å². The maximum Gasteiger partial charge on any atom is 0.314 e. The Hall–Kier alpha value is -2.15. The van der Waals surface area contributed by atoms with Crippen LogP contribution in [-0.4, -0.2) is 17.0 Å². The Bertz CT molecular complexity index is 618. The maximum absolute atomic E-state index is 10.9. The molecule has 0 fully saturated rings. The van der Waals surface area contributed by atoms with E-state index >= 15 is 0 Å². The van der Waals surface area contributed by atoms with E-state index < -0.39 is 4.92 Å². The molecule has 19 heavy (non-hydrogen) atoms. The molecule has 98 valence electrons. The van der Waals surface area contributed by atoms with Crippen LogP contribution in [0.3, 0.4) is 0 Å². The van der Waals surface area contributed by atoms with Crippen LogP contribution >= 0.6 is 15.9 Å². The van der Waals surface area contributed by atoms with Gasteiger partial charge in [0.25, 0.3) is 0 Å². The van der Waals surface area contributed by atoms with Gasteiger partial charge in [-0.2, -0.15) is 0 Å². The quantitative estimate of drug-likeness (QED) is 0.635. The van der Waals surface area contributed by atoms with Crippen molar-refractivity contribution in [3.05, 3.63) is 51.2 Å². The lowest BCUT2D eigenvalue weighted by Gasteiger charge is -2.07. The molecule has 0 unspecified atom stereocenters. The fourth-order valence-electron chi connectivity index (χ4n) is 1.46. The Kier molecular flexibility index (Phi) is 3.96. The monoisotopic (exact) mass is 324 g/mol. The molecule has 2 aromatic rings. The van der Waals surface area contributed by atoms with E-state index in [0.29, 0.717) is 11.5 Å². The van der Waals surface area contributed by atoms with E-state index in [9.17, 15) is 10.1 Å². The van der Waals surface area contributed by atoms with Crippen LogP contribution in [0.4, 0.5) is 5.69 Å². The summed E-state index contributed by atoms with van der Waals surface area (Å²) in [4.78, 5) is 14.3. The number of rotatable bonds is 4. The minimum absolute atomic E-state index is 0.150. The smallest absolute Gasteiger partial charge is 0.314 e. The molecule has 1 aromatic heterocycles. The highest BCUT2D eigenvalue weighted by Gasteiger charge is 2.16. The number of benzene rings is 1. The summed E-state index contributed by atoms with van der Waals surface area (Å²) in [6.07, 6.45) is 3.13. The van der Waals surface area contributed by atoms with Crippen molar-refractivity contribution in [1.82, 2.24) is 4.98 Å². The molecule has 1 aromatic carbocycles. The zero-order chi connectivity index (χ0) is 13.8. The molecule has 0 radical (unpaired) electrons. The van der Waals surface area contributed by atoms with E-state index in [-0.39, 0.29) is 11.4 Å². The van der Waals surface area contributed by atoms with Crippen molar-refractivity contribution in [2.75, 3.05) is 7.11 Å². The normalized spacial score (nSPS) is 10.0. The number of nitro groups is 1. The standard InChI is InChI=1S/C12H9BrN2O4/c1-18-12-3-2-9(5-11(12)15(16)17)19-10-4-8(13)6-14-7-10/h2-7H,1H3. The second kappa shape index (κ2) is 5.66. The Morgan fingerprint density at radius 2 is 2.05 bits per heavy atom. The van der Waals surface area contributed by atoms with Gasteiger partial charge in [-0.15, -0.1) is 0 Å². The summed E-state index contributed by atoms with van der Waals surface area (Å²) in [6, 6.07) is 6.09. The van der Waals surface area contributed by atoms with Gasteiger partial charge in [-0.1, -0.05) is 0 Å². The molecule has 7 heteroatoms. The molecular formula is C12H9BrN2O4. The number of hydrogen-bond acceptors (Lipinski definition) is 5. The molecule has 0 aliphatic heterocycles. The topological polar surface area (TPSA) is 74.5 Å². The van der Waals surface area contributed by atoms with Crippen LogP contribution in [0.25, 0.3) is 0 Å².